The van der Waals surface area contributed by atoms with Crippen LogP contribution in [0.25, 0.3) is 10.9 Å². The summed E-state index contributed by atoms with van der Waals surface area (Å²) < 4.78 is 27.5. The lowest BCUT2D eigenvalue weighted by Gasteiger charge is -2.37. The number of nitrogens with one attached hydrogen (secondary N) is 2. The van der Waals surface area contributed by atoms with Crippen LogP contribution >= 0.6 is 0 Å². The first-order chi connectivity index (χ1) is 16.9. The number of fused-ring (bicyclic) bond motifs is 1. The zero-order valence-electron chi connectivity index (χ0n) is 19.8. The van der Waals surface area contributed by atoms with Gasteiger partial charge in [-0.2, -0.15) is 0 Å². The maximum atomic E-state index is 13.8. The lowest BCUT2D eigenvalue weighted by molar-refractivity contribution is -0.0632. The molecular weight excluding hydrogens is 450 g/mol. The number of aryl methyl sites for hydroxylation is 1. The van der Waals surface area contributed by atoms with Crippen LogP contribution in [-0.2, 0) is 0 Å². The third-order valence-electron chi connectivity index (χ3n) is 6.86. The topological polar surface area (TPSA) is 83.0 Å². The molecule has 184 valence electrons. The van der Waals surface area contributed by atoms with Gasteiger partial charge in [0.2, 0.25) is 0 Å². The van der Waals surface area contributed by atoms with Crippen LogP contribution in [0.15, 0.2) is 42.7 Å². The van der Waals surface area contributed by atoms with Crippen LogP contribution in [0.3, 0.4) is 0 Å². The molecule has 1 unspecified atom stereocenters. The van der Waals surface area contributed by atoms with E-state index in [2.05, 4.69) is 25.6 Å². The molecule has 7 nitrogen and oxygen atoms in total. The van der Waals surface area contributed by atoms with Crippen molar-refractivity contribution in [2.24, 2.45) is 5.92 Å². The van der Waals surface area contributed by atoms with Gasteiger partial charge in [0.25, 0.3) is 11.8 Å². The van der Waals surface area contributed by atoms with Crippen LogP contribution in [-0.4, -0.2) is 57.9 Å². The monoisotopic (exact) mass is 480 g/mol. The summed E-state index contributed by atoms with van der Waals surface area (Å²) in [5.41, 5.74) is 2.08. The molecule has 3 heterocycles. The molecule has 1 aromatic carbocycles. The number of piperidine rings is 1. The number of benzene rings is 1. The average molecular weight is 481 g/mol. The predicted molar refractivity (Wildman–Crippen MR) is 131 cm³/mol. The highest BCUT2D eigenvalue weighted by Gasteiger charge is 2.37. The third kappa shape index (κ3) is 5.73. The summed E-state index contributed by atoms with van der Waals surface area (Å²) in [6.45, 7) is 3.48. The van der Waals surface area contributed by atoms with E-state index in [0.29, 0.717) is 11.4 Å². The van der Waals surface area contributed by atoms with Gasteiger partial charge in [0.15, 0.2) is 0 Å². The van der Waals surface area contributed by atoms with Crippen LogP contribution in [0.5, 0.6) is 0 Å². The van der Waals surface area contributed by atoms with Gasteiger partial charge in [0.05, 0.1) is 11.6 Å². The maximum Gasteiger partial charge on any atom is 0.252 e. The molecule has 1 amide bonds. The van der Waals surface area contributed by atoms with E-state index < -0.39 is 5.92 Å². The van der Waals surface area contributed by atoms with Crippen molar-refractivity contribution in [2.75, 3.05) is 31.5 Å². The second-order valence-corrected chi connectivity index (χ2v) is 9.57. The van der Waals surface area contributed by atoms with Crippen molar-refractivity contribution in [3.8, 4) is 0 Å². The Kier molecular flexibility index (Phi) is 6.60. The molecule has 0 spiro atoms. The summed E-state index contributed by atoms with van der Waals surface area (Å²) in [4.78, 5) is 28.4. The van der Waals surface area contributed by atoms with Gasteiger partial charge in [-0.25, -0.2) is 23.7 Å². The normalized spacial score (nSPS) is 18.8. The fourth-order valence-electron chi connectivity index (χ4n) is 4.50. The van der Waals surface area contributed by atoms with Crippen molar-refractivity contribution in [1.82, 2.24) is 25.2 Å². The molecular formula is C26H30F2N6O. The number of halogens is 2. The quantitative estimate of drug-likeness (QED) is 0.499. The van der Waals surface area contributed by atoms with Crippen LogP contribution in [0.2, 0.25) is 0 Å². The summed E-state index contributed by atoms with van der Waals surface area (Å²) in [7, 11) is 0. The average Bonchev–Trinajstić information content (AvgIpc) is 3.68. The van der Waals surface area contributed by atoms with Crippen LogP contribution in [0.4, 0.5) is 14.6 Å². The standard InChI is InChI=1S/C26H30F2N6O/c1-17-29-14-19(15-30-17)23(34-11-9-26(27,28)10-12-34)16-32-25(35)21-3-2-4-22-20(21)7-8-24(33-22)31-13-18-5-6-18/h2-4,7-8,14-15,18,23H,5-6,9-13,16H2,1H3,(H,31,33)(H,32,35). The smallest absolute Gasteiger partial charge is 0.252 e. The first-order valence-corrected chi connectivity index (χ1v) is 12.2. The van der Waals surface area contributed by atoms with Crippen molar-refractivity contribution in [2.45, 2.75) is 44.6 Å². The molecule has 1 aliphatic carbocycles. The number of likely N-dealkylation sites (tertiary alicyclic amines) is 1. The summed E-state index contributed by atoms with van der Waals surface area (Å²) in [6, 6.07) is 9.04. The molecule has 2 fully saturated rings. The van der Waals surface area contributed by atoms with E-state index in [1.54, 1.807) is 25.4 Å². The molecule has 1 saturated carbocycles. The molecule has 1 saturated heterocycles. The van der Waals surface area contributed by atoms with E-state index in [1.165, 1.54) is 12.8 Å². The van der Waals surface area contributed by atoms with Crippen LogP contribution in [0.1, 0.15) is 53.5 Å². The third-order valence-corrected chi connectivity index (χ3v) is 6.86. The maximum absolute atomic E-state index is 13.8. The predicted octanol–water partition coefficient (Wildman–Crippen LogP) is 4.36. The molecule has 1 atom stereocenters. The Bertz CT molecular complexity index is 1190. The fraction of sp³-hybridized carbons (Fsp3) is 0.462. The Morgan fingerprint density at radius 1 is 1.14 bits per heavy atom. The van der Waals surface area contributed by atoms with E-state index in [4.69, 9.17) is 0 Å². The van der Waals surface area contributed by atoms with Gasteiger partial charge < -0.3 is 10.6 Å². The largest absolute Gasteiger partial charge is 0.370 e. The number of pyridine rings is 1. The van der Waals surface area contributed by atoms with Crippen molar-refractivity contribution in [3.63, 3.8) is 0 Å². The number of anilines is 1. The summed E-state index contributed by atoms with van der Waals surface area (Å²) in [5.74, 6) is -0.686. The number of nitrogens with zero attached hydrogens (tertiary/aromatic N) is 4. The van der Waals surface area contributed by atoms with Gasteiger partial charge in [-0.15, -0.1) is 0 Å². The molecule has 0 radical (unpaired) electrons. The zero-order valence-corrected chi connectivity index (χ0v) is 19.8. The lowest BCUT2D eigenvalue weighted by Crippen LogP contribution is -2.45. The van der Waals surface area contributed by atoms with Gasteiger partial charge in [0, 0.05) is 67.9 Å². The minimum absolute atomic E-state index is 0.198. The molecule has 35 heavy (non-hydrogen) atoms. The first kappa shape index (κ1) is 23.5. The first-order valence-electron chi connectivity index (χ1n) is 12.2. The van der Waals surface area contributed by atoms with Crippen molar-refractivity contribution in [1.29, 1.82) is 0 Å². The van der Waals surface area contributed by atoms with Crippen molar-refractivity contribution < 1.29 is 13.6 Å². The molecule has 5 rings (SSSR count). The van der Waals surface area contributed by atoms with E-state index >= 15 is 0 Å². The SMILES string of the molecule is Cc1ncc(C(CNC(=O)c2cccc3nc(NCC4CC4)ccc23)N2CCC(F)(F)CC2)cn1. The van der Waals surface area contributed by atoms with Gasteiger partial charge >= 0.3 is 0 Å². The summed E-state index contributed by atoms with van der Waals surface area (Å²) >= 11 is 0. The second kappa shape index (κ2) is 9.81. The van der Waals surface area contributed by atoms with Gasteiger partial charge in [-0.1, -0.05) is 6.07 Å². The number of hydrogen-bond donors (Lipinski definition) is 2. The minimum Gasteiger partial charge on any atom is -0.370 e. The molecule has 3 aromatic rings. The summed E-state index contributed by atoms with van der Waals surface area (Å²) in [5, 5.41) is 7.16. The molecule has 2 N–H and O–H groups in total. The van der Waals surface area contributed by atoms with E-state index in [0.717, 1.165) is 34.7 Å². The van der Waals surface area contributed by atoms with Crippen molar-refractivity contribution >= 4 is 22.6 Å². The second-order valence-electron chi connectivity index (χ2n) is 9.57. The Balaban J connectivity index is 1.31. The van der Waals surface area contributed by atoms with E-state index in [1.807, 2.05) is 29.2 Å². The van der Waals surface area contributed by atoms with Gasteiger partial charge in [0.1, 0.15) is 11.6 Å². The lowest BCUT2D eigenvalue weighted by atomic mass is 10.0. The Labute approximate surface area is 203 Å². The van der Waals surface area contributed by atoms with Crippen LogP contribution < -0.4 is 10.6 Å². The fourth-order valence-corrected chi connectivity index (χ4v) is 4.50. The highest BCUT2D eigenvalue weighted by molar-refractivity contribution is 6.06. The molecule has 2 aromatic heterocycles. The highest BCUT2D eigenvalue weighted by Crippen LogP contribution is 2.32. The van der Waals surface area contributed by atoms with E-state index in [-0.39, 0.29) is 44.4 Å². The Morgan fingerprint density at radius 3 is 2.60 bits per heavy atom. The summed E-state index contributed by atoms with van der Waals surface area (Å²) in [6.07, 6.45) is 5.56. The van der Waals surface area contributed by atoms with E-state index in [9.17, 15) is 13.6 Å². The molecule has 2 aliphatic rings. The molecule has 1 aliphatic heterocycles. The number of aromatic nitrogens is 3. The number of alkyl halides is 2. The zero-order chi connectivity index (χ0) is 24.4. The van der Waals surface area contributed by atoms with Crippen LogP contribution in [0, 0.1) is 12.8 Å². The molecule has 9 heteroatoms. The minimum atomic E-state index is -2.64. The number of carbonyl (C=O) groups excluding carboxylic acids is 1. The number of rotatable bonds is 8. The Hall–Kier alpha value is -3.20. The van der Waals surface area contributed by atoms with Crippen molar-refractivity contribution in [3.05, 3.63) is 59.7 Å². The molecule has 0 bridgehead atoms. The van der Waals surface area contributed by atoms with Gasteiger partial charge in [-0.3, -0.25) is 9.69 Å². The van der Waals surface area contributed by atoms with Gasteiger partial charge in [-0.05, 0) is 49.9 Å². The highest BCUT2D eigenvalue weighted by atomic mass is 19.3. The number of carbonyl (C=O) groups is 1. The number of hydrogen-bond acceptors (Lipinski definition) is 6. The Morgan fingerprint density at radius 2 is 1.89 bits per heavy atom. The number of amides is 1.